The normalized spacial score (nSPS) is 24.4. The highest BCUT2D eigenvalue weighted by Crippen LogP contribution is 2.34. The Labute approximate surface area is 98.4 Å². The van der Waals surface area contributed by atoms with Crippen LogP contribution in [0, 0.1) is 23.7 Å². The molecule has 3 heteroatoms. The largest absolute Gasteiger partial charge is 0.356 e. The molecule has 1 atom stereocenters. The first-order chi connectivity index (χ1) is 7.63. The van der Waals surface area contributed by atoms with E-state index in [-0.39, 0.29) is 11.3 Å². The summed E-state index contributed by atoms with van der Waals surface area (Å²) in [5.74, 6) is 3.13. The second-order valence-corrected chi connectivity index (χ2v) is 4.80. The third-order valence-electron chi connectivity index (χ3n) is 3.53. The molecule has 1 fully saturated rings. The van der Waals surface area contributed by atoms with Crippen LogP contribution >= 0.6 is 0 Å². The first kappa shape index (κ1) is 13.1. The van der Waals surface area contributed by atoms with Crippen molar-refractivity contribution in [2.75, 3.05) is 19.6 Å². The van der Waals surface area contributed by atoms with E-state index in [1.165, 1.54) is 0 Å². The minimum Gasteiger partial charge on any atom is -0.356 e. The van der Waals surface area contributed by atoms with Crippen LogP contribution in [0.4, 0.5) is 0 Å². The van der Waals surface area contributed by atoms with Crippen molar-refractivity contribution in [3.05, 3.63) is 0 Å². The molecule has 1 rings (SSSR count). The molecule has 16 heavy (non-hydrogen) atoms. The zero-order valence-corrected chi connectivity index (χ0v) is 10.3. The maximum Gasteiger partial charge on any atom is 0.227 e. The summed E-state index contributed by atoms with van der Waals surface area (Å²) < 4.78 is 0. The van der Waals surface area contributed by atoms with E-state index in [4.69, 9.17) is 6.42 Å². The van der Waals surface area contributed by atoms with Gasteiger partial charge in [0.1, 0.15) is 0 Å². The van der Waals surface area contributed by atoms with Crippen LogP contribution in [0.25, 0.3) is 0 Å². The summed E-state index contributed by atoms with van der Waals surface area (Å²) >= 11 is 0. The molecule has 1 heterocycles. The Kier molecular flexibility index (Phi) is 4.82. The number of rotatable bonds is 5. The number of carbonyl (C=O) groups excluding carboxylic acids is 1. The van der Waals surface area contributed by atoms with Crippen molar-refractivity contribution in [2.24, 2.45) is 11.3 Å². The van der Waals surface area contributed by atoms with Gasteiger partial charge in [-0.3, -0.25) is 4.79 Å². The predicted molar refractivity (Wildman–Crippen MR) is 65.8 cm³/mol. The van der Waals surface area contributed by atoms with Gasteiger partial charge >= 0.3 is 0 Å². The van der Waals surface area contributed by atoms with Crippen molar-refractivity contribution in [1.29, 1.82) is 0 Å². The van der Waals surface area contributed by atoms with Gasteiger partial charge in [0.2, 0.25) is 5.91 Å². The Morgan fingerprint density at radius 2 is 2.38 bits per heavy atom. The number of unbranched alkanes of at least 4 members (excludes halogenated alkanes) is 1. The standard InChI is InChI=1S/C13H22N2O/c1-4-5-6-8-15-12(16)13(11(2)3)7-9-14-10-13/h1,11,14H,5-10H2,2-3H3,(H,15,16). The van der Waals surface area contributed by atoms with E-state index in [1.807, 2.05) is 0 Å². The quantitative estimate of drug-likeness (QED) is 0.541. The van der Waals surface area contributed by atoms with E-state index >= 15 is 0 Å². The highest BCUT2D eigenvalue weighted by atomic mass is 16.2. The predicted octanol–water partition coefficient (Wildman–Crippen LogP) is 1.15. The van der Waals surface area contributed by atoms with Gasteiger partial charge in [-0.25, -0.2) is 0 Å². The maximum absolute atomic E-state index is 12.2. The summed E-state index contributed by atoms with van der Waals surface area (Å²) in [4.78, 5) is 12.2. The molecule has 1 saturated heterocycles. The Morgan fingerprint density at radius 3 is 2.88 bits per heavy atom. The van der Waals surface area contributed by atoms with E-state index in [2.05, 4.69) is 30.4 Å². The SMILES string of the molecule is C#CCCCNC(=O)C1(C(C)C)CCNC1. The Hall–Kier alpha value is -1.01. The number of nitrogens with one attached hydrogen (secondary N) is 2. The topological polar surface area (TPSA) is 41.1 Å². The van der Waals surface area contributed by atoms with E-state index < -0.39 is 0 Å². The maximum atomic E-state index is 12.2. The Bertz CT molecular complexity index is 272. The molecule has 0 spiro atoms. The smallest absolute Gasteiger partial charge is 0.227 e. The number of amides is 1. The third kappa shape index (κ3) is 2.76. The van der Waals surface area contributed by atoms with E-state index in [9.17, 15) is 4.79 Å². The van der Waals surface area contributed by atoms with E-state index in [1.54, 1.807) is 0 Å². The molecule has 1 aliphatic heterocycles. The summed E-state index contributed by atoms with van der Waals surface area (Å²) in [5, 5.41) is 6.29. The molecule has 0 aromatic carbocycles. The molecule has 0 aromatic rings. The highest BCUT2D eigenvalue weighted by Gasteiger charge is 2.43. The van der Waals surface area contributed by atoms with Crippen LogP contribution in [-0.2, 0) is 4.79 Å². The summed E-state index contributed by atoms with van der Waals surface area (Å²) in [7, 11) is 0. The summed E-state index contributed by atoms with van der Waals surface area (Å²) in [6.45, 7) is 6.67. The summed E-state index contributed by atoms with van der Waals surface area (Å²) in [6.07, 6.45) is 7.70. The van der Waals surface area contributed by atoms with Crippen LogP contribution in [0.2, 0.25) is 0 Å². The van der Waals surface area contributed by atoms with Crippen LogP contribution in [0.5, 0.6) is 0 Å². The minimum absolute atomic E-state index is 0.185. The first-order valence-electron chi connectivity index (χ1n) is 6.06. The molecule has 0 radical (unpaired) electrons. The molecule has 1 aliphatic rings. The molecule has 0 bridgehead atoms. The zero-order valence-electron chi connectivity index (χ0n) is 10.3. The zero-order chi connectivity index (χ0) is 12.0. The second kappa shape index (κ2) is 5.91. The molecule has 0 aliphatic carbocycles. The number of carbonyl (C=O) groups is 1. The number of terminal acetylenes is 1. The van der Waals surface area contributed by atoms with Gasteiger partial charge in [-0.05, 0) is 25.3 Å². The summed E-state index contributed by atoms with van der Waals surface area (Å²) in [6, 6.07) is 0. The molecule has 0 aromatic heterocycles. The van der Waals surface area contributed by atoms with Crippen LogP contribution in [0.15, 0.2) is 0 Å². The van der Waals surface area contributed by atoms with Crippen LogP contribution < -0.4 is 10.6 Å². The van der Waals surface area contributed by atoms with Gasteiger partial charge in [0, 0.05) is 19.5 Å². The van der Waals surface area contributed by atoms with Crippen molar-refractivity contribution >= 4 is 5.91 Å². The van der Waals surface area contributed by atoms with Crippen LogP contribution in [0.3, 0.4) is 0 Å². The Morgan fingerprint density at radius 1 is 1.62 bits per heavy atom. The van der Waals surface area contributed by atoms with Crippen molar-refractivity contribution < 1.29 is 4.79 Å². The first-order valence-corrected chi connectivity index (χ1v) is 6.06. The van der Waals surface area contributed by atoms with Gasteiger partial charge < -0.3 is 10.6 Å². The van der Waals surface area contributed by atoms with Crippen LogP contribution in [0.1, 0.15) is 33.1 Å². The molecule has 1 unspecified atom stereocenters. The van der Waals surface area contributed by atoms with Crippen molar-refractivity contribution in [1.82, 2.24) is 10.6 Å². The number of hydrogen-bond donors (Lipinski definition) is 2. The van der Waals surface area contributed by atoms with Gasteiger partial charge in [0.25, 0.3) is 0 Å². The highest BCUT2D eigenvalue weighted by molar-refractivity contribution is 5.83. The monoisotopic (exact) mass is 222 g/mol. The van der Waals surface area contributed by atoms with Gasteiger partial charge in [0.15, 0.2) is 0 Å². The van der Waals surface area contributed by atoms with Gasteiger partial charge in [0.05, 0.1) is 5.41 Å². The molecule has 0 saturated carbocycles. The second-order valence-electron chi connectivity index (χ2n) is 4.80. The van der Waals surface area contributed by atoms with E-state index in [0.717, 1.165) is 32.4 Å². The number of hydrogen-bond acceptors (Lipinski definition) is 2. The lowest BCUT2D eigenvalue weighted by atomic mass is 9.75. The third-order valence-corrected chi connectivity index (χ3v) is 3.53. The van der Waals surface area contributed by atoms with Crippen molar-refractivity contribution in [3.8, 4) is 12.3 Å². The molecule has 90 valence electrons. The molecule has 3 nitrogen and oxygen atoms in total. The molecule has 1 amide bonds. The average molecular weight is 222 g/mol. The fraction of sp³-hybridized carbons (Fsp3) is 0.769. The van der Waals surface area contributed by atoms with Crippen molar-refractivity contribution in [2.45, 2.75) is 33.1 Å². The summed E-state index contributed by atoms with van der Waals surface area (Å²) in [5.41, 5.74) is -0.212. The Balaban J connectivity index is 2.47. The van der Waals surface area contributed by atoms with Crippen molar-refractivity contribution in [3.63, 3.8) is 0 Å². The van der Waals surface area contributed by atoms with Crippen LogP contribution in [-0.4, -0.2) is 25.5 Å². The minimum atomic E-state index is -0.212. The van der Waals surface area contributed by atoms with E-state index in [0.29, 0.717) is 12.5 Å². The molecular weight excluding hydrogens is 200 g/mol. The average Bonchev–Trinajstić information content (AvgIpc) is 2.74. The lowest BCUT2D eigenvalue weighted by Gasteiger charge is -2.31. The van der Waals surface area contributed by atoms with Gasteiger partial charge in [-0.15, -0.1) is 12.3 Å². The van der Waals surface area contributed by atoms with Gasteiger partial charge in [-0.2, -0.15) is 0 Å². The lowest BCUT2D eigenvalue weighted by Crippen LogP contribution is -2.46. The lowest BCUT2D eigenvalue weighted by molar-refractivity contribution is -0.132. The molecular formula is C13H22N2O. The van der Waals surface area contributed by atoms with Gasteiger partial charge in [-0.1, -0.05) is 13.8 Å². The fourth-order valence-electron chi connectivity index (χ4n) is 2.23. The molecule has 2 N–H and O–H groups in total. The fourth-order valence-corrected chi connectivity index (χ4v) is 2.23.